The first-order valence-electron chi connectivity index (χ1n) is 8.58. The molecule has 2 aromatic heterocycles. The van der Waals surface area contributed by atoms with E-state index in [0.29, 0.717) is 0 Å². The van der Waals surface area contributed by atoms with Crippen molar-refractivity contribution in [3.8, 4) is 0 Å². The molecule has 4 heterocycles. The summed E-state index contributed by atoms with van der Waals surface area (Å²) in [6.45, 7) is 6.41. The minimum absolute atomic E-state index is 0.779. The number of hydrazine groups is 2. The van der Waals surface area contributed by atoms with E-state index in [-0.39, 0.29) is 0 Å². The van der Waals surface area contributed by atoms with Crippen molar-refractivity contribution in [2.75, 3.05) is 26.2 Å². The van der Waals surface area contributed by atoms with Gasteiger partial charge in [-0.2, -0.15) is 0 Å². The molecule has 0 aliphatic carbocycles. The van der Waals surface area contributed by atoms with Crippen LogP contribution in [0, 0.1) is 6.92 Å². The highest BCUT2D eigenvalue weighted by Crippen LogP contribution is 2.22. The molecule has 3 N–H and O–H groups in total. The van der Waals surface area contributed by atoms with Crippen molar-refractivity contribution in [3.63, 3.8) is 0 Å². The molecule has 0 saturated heterocycles. The van der Waals surface area contributed by atoms with E-state index in [1.807, 2.05) is 23.3 Å². The Hall–Kier alpha value is -1.32. The number of nitrogens with zero attached hydrogens (tertiary/aromatic N) is 4. The predicted molar refractivity (Wildman–Crippen MR) is 92.3 cm³/mol. The standard InChI is InChI=1S/C16H24N6OS/c1-11-19-12-3-8-22(9-4-14(12)23-11)18-10-16-20-13-2-6-21(17)7-5-15(13)24-16/h18H,2-10,17H2,1H3. The molecule has 0 fully saturated rings. The van der Waals surface area contributed by atoms with Gasteiger partial charge in [0.1, 0.15) is 10.8 Å². The van der Waals surface area contributed by atoms with Crippen LogP contribution in [0.25, 0.3) is 0 Å². The van der Waals surface area contributed by atoms with Crippen molar-refractivity contribution < 1.29 is 4.42 Å². The van der Waals surface area contributed by atoms with E-state index in [0.717, 1.165) is 75.8 Å². The summed E-state index contributed by atoms with van der Waals surface area (Å²) < 4.78 is 5.68. The minimum atomic E-state index is 0.779. The molecule has 2 aromatic rings. The van der Waals surface area contributed by atoms with Crippen LogP contribution >= 0.6 is 11.3 Å². The number of aryl methyl sites for hydroxylation is 1. The van der Waals surface area contributed by atoms with Crippen LogP contribution in [0.4, 0.5) is 0 Å². The van der Waals surface area contributed by atoms with Gasteiger partial charge in [-0.15, -0.1) is 11.3 Å². The second kappa shape index (κ2) is 6.89. The van der Waals surface area contributed by atoms with Gasteiger partial charge < -0.3 is 4.42 Å². The predicted octanol–water partition coefficient (Wildman–Crippen LogP) is 0.819. The molecular formula is C16H24N6OS. The molecule has 7 nitrogen and oxygen atoms in total. The molecule has 0 unspecified atom stereocenters. The number of nitrogens with one attached hydrogen (secondary N) is 1. The molecule has 0 bridgehead atoms. The average molecular weight is 348 g/mol. The Balaban J connectivity index is 1.33. The van der Waals surface area contributed by atoms with Gasteiger partial charge in [-0.25, -0.2) is 25.4 Å². The number of hydrogen-bond acceptors (Lipinski definition) is 8. The maximum Gasteiger partial charge on any atom is 0.191 e. The Morgan fingerprint density at radius 2 is 1.88 bits per heavy atom. The maximum absolute atomic E-state index is 5.90. The number of rotatable bonds is 3. The van der Waals surface area contributed by atoms with Gasteiger partial charge in [0.2, 0.25) is 0 Å². The smallest absolute Gasteiger partial charge is 0.191 e. The number of nitrogens with two attached hydrogens (primary N) is 1. The van der Waals surface area contributed by atoms with Crippen LogP contribution in [-0.4, -0.2) is 46.2 Å². The Bertz CT molecular complexity index is 660. The van der Waals surface area contributed by atoms with Crippen LogP contribution in [0.2, 0.25) is 0 Å². The van der Waals surface area contributed by atoms with Gasteiger partial charge >= 0.3 is 0 Å². The van der Waals surface area contributed by atoms with Gasteiger partial charge in [-0.1, -0.05) is 0 Å². The van der Waals surface area contributed by atoms with Gasteiger partial charge in [0.25, 0.3) is 0 Å². The minimum Gasteiger partial charge on any atom is -0.446 e. The van der Waals surface area contributed by atoms with Crippen molar-refractivity contribution in [1.29, 1.82) is 0 Å². The summed E-state index contributed by atoms with van der Waals surface area (Å²) in [6, 6.07) is 0. The normalized spacial score (nSPS) is 19.6. The van der Waals surface area contributed by atoms with Gasteiger partial charge in [-0.05, 0) is 6.42 Å². The van der Waals surface area contributed by atoms with E-state index in [1.54, 1.807) is 0 Å². The highest BCUT2D eigenvalue weighted by molar-refractivity contribution is 7.11. The number of hydrogen-bond donors (Lipinski definition) is 2. The Kier molecular flexibility index (Phi) is 4.64. The molecule has 24 heavy (non-hydrogen) atoms. The van der Waals surface area contributed by atoms with Gasteiger partial charge in [0.05, 0.1) is 17.9 Å². The Morgan fingerprint density at radius 3 is 2.79 bits per heavy atom. The largest absolute Gasteiger partial charge is 0.446 e. The SMILES string of the molecule is Cc1nc2c(o1)CCN(NCc1nc3c(s1)CCN(N)CC3)CC2. The lowest BCUT2D eigenvalue weighted by Gasteiger charge is -2.20. The van der Waals surface area contributed by atoms with Crippen LogP contribution in [0.1, 0.15) is 32.9 Å². The zero-order chi connectivity index (χ0) is 16.5. The molecule has 0 radical (unpaired) electrons. The molecule has 2 aliphatic heterocycles. The molecule has 0 atom stereocenters. The van der Waals surface area contributed by atoms with Crippen LogP contribution in [-0.2, 0) is 32.2 Å². The topological polar surface area (TPSA) is 83.5 Å². The van der Waals surface area contributed by atoms with Crippen molar-refractivity contribution >= 4 is 11.3 Å². The second-order valence-electron chi connectivity index (χ2n) is 6.44. The summed E-state index contributed by atoms with van der Waals surface area (Å²) in [6.07, 6.45) is 3.81. The van der Waals surface area contributed by atoms with Crippen LogP contribution < -0.4 is 11.3 Å². The fourth-order valence-electron chi connectivity index (χ4n) is 3.34. The molecule has 0 aromatic carbocycles. The van der Waals surface area contributed by atoms with Crippen molar-refractivity contribution in [2.45, 2.75) is 39.2 Å². The monoisotopic (exact) mass is 348 g/mol. The van der Waals surface area contributed by atoms with Crippen LogP contribution in [0.15, 0.2) is 4.42 Å². The Labute approximate surface area is 145 Å². The van der Waals surface area contributed by atoms with E-state index in [4.69, 9.17) is 15.2 Å². The average Bonchev–Trinajstić information content (AvgIpc) is 3.01. The first-order chi connectivity index (χ1) is 11.7. The first kappa shape index (κ1) is 16.2. The summed E-state index contributed by atoms with van der Waals surface area (Å²) in [7, 11) is 0. The van der Waals surface area contributed by atoms with E-state index >= 15 is 0 Å². The summed E-state index contributed by atoms with van der Waals surface area (Å²) in [5.41, 5.74) is 5.88. The number of oxazole rings is 1. The lowest BCUT2D eigenvalue weighted by atomic mass is 10.2. The summed E-state index contributed by atoms with van der Waals surface area (Å²) in [5.74, 6) is 7.72. The van der Waals surface area contributed by atoms with E-state index in [9.17, 15) is 0 Å². The number of thiazole rings is 1. The quantitative estimate of drug-likeness (QED) is 0.795. The maximum atomic E-state index is 5.90. The third kappa shape index (κ3) is 3.52. The van der Waals surface area contributed by atoms with Gasteiger partial charge in [-0.3, -0.25) is 5.84 Å². The van der Waals surface area contributed by atoms with Crippen molar-refractivity contribution in [2.24, 2.45) is 5.84 Å². The number of aromatic nitrogens is 2. The lowest BCUT2D eigenvalue weighted by molar-refractivity contribution is 0.190. The molecule has 0 saturated carbocycles. The van der Waals surface area contributed by atoms with Gasteiger partial charge in [0.15, 0.2) is 5.89 Å². The number of fused-ring (bicyclic) bond motifs is 2. The second-order valence-corrected chi connectivity index (χ2v) is 7.61. The zero-order valence-electron chi connectivity index (χ0n) is 14.0. The van der Waals surface area contributed by atoms with Gasteiger partial charge in [0, 0.05) is 57.2 Å². The molecule has 0 amide bonds. The van der Waals surface area contributed by atoms with Crippen LogP contribution in [0.3, 0.4) is 0 Å². The third-order valence-corrected chi connectivity index (χ3v) is 5.81. The summed E-state index contributed by atoms with van der Waals surface area (Å²) in [4.78, 5) is 10.7. The van der Waals surface area contributed by atoms with Crippen molar-refractivity contribution in [3.05, 3.63) is 32.9 Å². The molecule has 130 valence electrons. The van der Waals surface area contributed by atoms with E-state index in [2.05, 4.69) is 15.4 Å². The van der Waals surface area contributed by atoms with Crippen molar-refractivity contribution in [1.82, 2.24) is 25.4 Å². The molecular weight excluding hydrogens is 324 g/mol. The highest BCUT2D eigenvalue weighted by Gasteiger charge is 2.20. The molecule has 2 aliphatic rings. The highest BCUT2D eigenvalue weighted by atomic mass is 32.1. The van der Waals surface area contributed by atoms with E-state index < -0.39 is 0 Å². The lowest BCUT2D eigenvalue weighted by Crippen LogP contribution is -2.39. The summed E-state index contributed by atoms with van der Waals surface area (Å²) >= 11 is 1.82. The molecule has 0 spiro atoms. The fraction of sp³-hybridized carbons (Fsp3) is 0.625. The fourth-order valence-corrected chi connectivity index (χ4v) is 4.38. The third-order valence-electron chi connectivity index (χ3n) is 4.65. The zero-order valence-corrected chi connectivity index (χ0v) is 14.9. The molecule has 4 rings (SSSR count). The first-order valence-corrected chi connectivity index (χ1v) is 9.40. The Morgan fingerprint density at radius 1 is 1.08 bits per heavy atom. The van der Waals surface area contributed by atoms with Crippen LogP contribution in [0.5, 0.6) is 0 Å². The summed E-state index contributed by atoms with van der Waals surface area (Å²) in [5, 5.41) is 5.32. The molecule has 8 heteroatoms. The van der Waals surface area contributed by atoms with E-state index in [1.165, 1.54) is 15.6 Å².